The van der Waals surface area contributed by atoms with Crippen molar-refractivity contribution in [3.8, 4) is 17.2 Å². The van der Waals surface area contributed by atoms with E-state index in [1.54, 1.807) is 43.3 Å². The molecule has 0 bridgehead atoms. The minimum atomic E-state index is -2.89. The molecule has 3 rings (SSSR count). The van der Waals surface area contributed by atoms with E-state index in [-0.39, 0.29) is 29.5 Å². The molecule has 0 unspecified atom stereocenters. The molecule has 1 aromatic heterocycles. The Hall–Kier alpha value is -3.68. The molecule has 6 nitrogen and oxygen atoms in total. The maximum atomic E-state index is 12.8. The van der Waals surface area contributed by atoms with E-state index in [1.165, 1.54) is 12.1 Å². The van der Waals surface area contributed by atoms with E-state index < -0.39 is 12.5 Å². The number of primary amides is 1. The average molecular weight is 428 g/mol. The first-order chi connectivity index (χ1) is 14.7. The molecule has 1 heterocycles. The number of rotatable bonds is 8. The molecular formula is C23H22F2N2O4. The fourth-order valence-corrected chi connectivity index (χ4v) is 3.39. The number of aryl methyl sites for hydroxylation is 2. The van der Waals surface area contributed by atoms with Crippen molar-refractivity contribution < 1.29 is 27.8 Å². The monoisotopic (exact) mass is 428 g/mol. The number of nitrogens with two attached hydrogens (primary N) is 1. The fourth-order valence-electron chi connectivity index (χ4n) is 3.39. The molecule has 0 aliphatic heterocycles. The molecule has 0 spiro atoms. The van der Waals surface area contributed by atoms with Crippen LogP contribution in [-0.4, -0.2) is 29.5 Å². The predicted molar refractivity (Wildman–Crippen MR) is 111 cm³/mol. The minimum Gasteiger partial charge on any atom is -0.485 e. The van der Waals surface area contributed by atoms with Crippen molar-refractivity contribution in [3.05, 3.63) is 76.6 Å². The average Bonchev–Trinajstić information content (AvgIpc) is 3.00. The second kappa shape index (κ2) is 8.99. The summed E-state index contributed by atoms with van der Waals surface area (Å²) >= 11 is 0. The van der Waals surface area contributed by atoms with E-state index in [9.17, 15) is 18.4 Å². The summed E-state index contributed by atoms with van der Waals surface area (Å²) in [4.78, 5) is 24.4. The Balaban J connectivity index is 1.81. The van der Waals surface area contributed by atoms with Crippen LogP contribution >= 0.6 is 0 Å². The molecule has 3 aromatic rings. The SMILES string of the molecule is Cc1ccc(C(N)=O)c(OCC(=O)c2cc(C)n(-c3ccc(OC(F)F)cc3)c2C)c1. The third kappa shape index (κ3) is 4.91. The van der Waals surface area contributed by atoms with Crippen LogP contribution in [0.3, 0.4) is 0 Å². The third-order valence-electron chi connectivity index (χ3n) is 4.81. The molecule has 0 atom stereocenters. The zero-order valence-electron chi connectivity index (χ0n) is 17.3. The fraction of sp³-hybridized carbons (Fsp3) is 0.217. The summed E-state index contributed by atoms with van der Waals surface area (Å²) in [5.41, 5.74) is 9.06. The zero-order chi connectivity index (χ0) is 22.7. The highest BCUT2D eigenvalue weighted by molar-refractivity contribution is 5.99. The van der Waals surface area contributed by atoms with Crippen LogP contribution in [0.25, 0.3) is 5.69 Å². The van der Waals surface area contributed by atoms with E-state index >= 15 is 0 Å². The van der Waals surface area contributed by atoms with E-state index in [2.05, 4.69) is 4.74 Å². The van der Waals surface area contributed by atoms with Crippen LogP contribution in [0.1, 0.15) is 37.7 Å². The Morgan fingerprint density at radius 3 is 2.29 bits per heavy atom. The van der Waals surface area contributed by atoms with Gasteiger partial charge < -0.3 is 19.8 Å². The molecule has 0 radical (unpaired) electrons. The van der Waals surface area contributed by atoms with Gasteiger partial charge in [0.1, 0.15) is 11.5 Å². The highest BCUT2D eigenvalue weighted by Crippen LogP contribution is 2.25. The van der Waals surface area contributed by atoms with Crippen LogP contribution in [0.15, 0.2) is 48.5 Å². The van der Waals surface area contributed by atoms with Gasteiger partial charge in [-0.05, 0) is 68.8 Å². The van der Waals surface area contributed by atoms with Crippen molar-refractivity contribution in [2.24, 2.45) is 5.73 Å². The van der Waals surface area contributed by atoms with Gasteiger partial charge >= 0.3 is 6.61 Å². The van der Waals surface area contributed by atoms with Crippen molar-refractivity contribution in [1.29, 1.82) is 0 Å². The lowest BCUT2D eigenvalue weighted by Gasteiger charge is -2.12. The predicted octanol–water partition coefficient (Wildman–Crippen LogP) is 4.36. The zero-order valence-corrected chi connectivity index (χ0v) is 17.3. The Kier molecular flexibility index (Phi) is 6.39. The van der Waals surface area contributed by atoms with Crippen LogP contribution < -0.4 is 15.2 Å². The number of carbonyl (C=O) groups is 2. The van der Waals surface area contributed by atoms with Crippen molar-refractivity contribution in [2.75, 3.05) is 6.61 Å². The second-order valence-electron chi connectivity index (χ2n) is 7.07. The summed E-state index contributed by atoms with van der Waals surface area (Å²) in [7, 11) is 0. The number of aromatic nitrogens is 1. The number of ketones is 1. The lowest BCUT2D eigenvalue weighted by Crippen LogP contribution is -2.17. The molecule has 8 heteroatoms. The highest BCUT2D eigenvalue weighted by atomic mass is 19.3. The first kappa shape index (κ1) is 22.0. The Labute approximate surface area is 178 Å². The first-order valence-corrected chi connectivity index (χ1v) is 9.48. The number of amides is 1. The molecule has 0 saturated heterocycles. The summed E-state index contributed by atoms with van der Waals surface area (Å²) in [5, 5.41) is 0. The van der Waals surface area contributed by atoms with E-state index in [1.807, 2.05) is 18.4 Å². The molecule has 2 aromatic carbocycles. The van der Waals surface area contributed by atoms with Crippen molar-refractivity contribution in [1.82, 2.24) is 4.57 Å². The van der Waals surface area contributed by atoms with Gasteiger partial charge in [-0.2, -0.15) is 8.78 Å². The summed E-state index contributed by atoms with van der Waals surface area (Å²) in [5.74, 6) is -0.604. The highest BCUT2D eigenvalue weighted by Gasteiger charge is 2.19. The standard InChI is InChI=1S/C23H22F2N2O4/c1-13-4-9-18(22(26)29)21(10-13)30-12-20(28)19-11-14(2)27(15(19)3)16-5-7-17(8-6-16)31-23(24)25/h4-11,23H,12H2,1-3H3,(H2,26,29). The Morgan fingerprint density at radius 2 is 1.68 bits per heavy atom. The van der Waals surface area contributed by atoms with Gasteiger partial charge in [-0.25, -0.2) is 0 Å². The molecule has 0 fully saturated rings. The van der Waals surface area contributed by atoms with Gasteiger partial charge in [-0.1, -0.05) is 6.07 Å². The number of carbonyl (C=O) groups excluding carboxylic acids is 2. The minimum absolute atomic E-state index is 0.0503. The van der Waals surface area contributed by atoms with Gasteiger partial charge in [0.15, 0.2) is 6.61 Å². The maximum absolute atomic E-state index is 12.8. The van der Waals surface area contributed by atoms with Gasteiger partial charge in [-0.15, -0.1) is 0 Å². The van der Waals surface area contributed by atoms with Crippen LogP contribution in [0.5, 0.6) is 11.5 Å². The Bertz CT molecular complexity index is 1120. The topological polar surface area (TPSA) is 83.6 Å². The molecule has 2 N–H and O–H groups in total. The third-order valence-corrected chi connectivity index (χ3v) is 4.81. The van der Waals surface area contributed by atoms with Crippen molar-refractivity contribution >= 4 is 11.7 Å². The molecule has 31 heavy (non-hydrogen) atoms. The Morgan fingerprint density at radius 1 is 1.00 bits per heavy atom. The number of benzene rings is 2. The molecule has 1 amide bonds. The lowest BCUT2D eigenvalue weighted by molar-refractivity contribution is -0.0498. The summed E-state index contributed by atoms with van der Waals surface area (Å²) in [6, 6.07) is 12.8. The summed E-state index contributed by atoms with van der Waals surface area (Å²) < 4.78 is 36.5. The van der Waals surface area contributed by atoms with E-state index in [0.717, 1.165) is 11.3 Å². The number of hydrogen-bond acceptors (Lipinski definition) is 4. The molecule has 0 aliphatic carbocycles. The van der Waals surface area contributed by atoms with Gasteiger partial charge in [0.25, 0.3) is 5.91 Å². The molecule has 0 saturated carbocycles. The maximum Gasteiger partial charge on any atom is 0.387 e. The number of nitrogens with zero attached hydrogens (tertiary/aromatic N) is 1. The van der Waals surface area contributed by atoms with Crippen LogP contribution in [0, 0.1) is 20.8 Å². The molecule has 0 aliphatic rings. The van der Waals surface area contributed by atoms with Crippen molar-refractivity contribution in [3.63, 3.8) is 0 Å². The van der Waals surface area contributed by atoms with E-state index in [4.69, 9.17) is 10.5 Å². The normalized spacial score (nSPS) is 10.9. The number of Topliss-reactive ketones (excluding diaryl/α,β-unsaturated/α-hetero) is 1. The number of hydrogen-bond donors (Lipinski definition) is 1. The van der Waals surface area contributed by atoms with Gasteiger partial charge in [-0.3, -0.25) is 9.59 Å². The van der Waals surface area contributed by atoms with Crippen LogP contribution in [0.4, 0.5) is 8.78 Å². The quantitative estimate of drug-likeness (QED) is 0.540. The number of alkyl halides is 2. The molecule has 162 valence electrons. The van der Waals surface area contributed by atoms with E-state index in [0.29, 0.717) is 16.9 Å². The molecular weight excluding hydrogens is 406 g/mol. The van der Waals surface area contributed by atoms with Crippen LogP contribution in [0.2, 0.25) is 0 Å². The largest absolute Gasteiger partial charge is 0.485 e. The second-order valence-corrected chi connectivity index (χ2v) is 7.07. The van der Waals surface area contributed by atoms with Crippen molar-refractivity contribution in [2.45, 2.75) is 27.4 Å². The summed E-state index contributed by atoms with van der Waals surface area (Å²) in [6.45, 7) is 2.29. The van der Waals surface area contributed by atoms with Gasteiger partial charge in [0.2, 0.25) is 5.78 Å². The first-order valence-electron chi connectivity index (χ1n) is 9.48. The van der Waals surface area contributed by atoms with Crippen LogP contribution in [-0.2, 0) is 0 Å². The van der Waals surface area contributed by atoms with Gasteiger partial charge in [0, 0.05) is 22.6 Å². The number of ether oxygens (including phenoxy) is 2. The smallest absolute Gasteiger partial charge is 0.387 e. The summed E-state index contributed by atoms with van der Waals surface area (Å²) in [6.07, 6.45) is 0. The number of halogens is 2. The van der Waals surface area contributed by atoms with Gasteiger partial charge in [0.05, 0.1) is 5.56 Å². The lowest BCUT2D eigenvalue weighted by atomic mass is 10.1.